The van der Waals surface area contributed by atoms with Gasteiger partial charge in [-0.3, -0.25) is 4.98 Å². The van der Waals surface area contributed by atoms with Crippen LogP contribution >= 0.6 is 0 Å². The molecule has 0 aliphatic carbocycles. The van der Waals surface area contributed by atoms with Gasteiger partial charge in [0, 0.05) is 32.9 Å². The van der Waals surface area contributed by atoms with Crippen LogP contribution in [0.4, 0.5) is 0 Å². The maximum atomic E-state index is 5.49. The number of hydrogen-bond donors (Lipinski definition) is 1. The Morgan fingerprint density at radius 3 is 2.83 bits per heavy atom. The predicted molar refractivity (Wildman–Crippen MR) is 67.6 cm³/mol. The normalized spacial score (nSPS) is 10.6. The van der Waals surface area contributed by atoms with Crippen LogP contribution in [0.5, 0.6) is 5.88 Å². The number of ether oxygens (including phenoxy) is 3. The molecular formula is C12H21N3O3. The van der Waals surface area contributed by atoms with Gasteiger partial charge in [-0.25, -0.2) is 4.98 Å². The fraction of sp³-hybridized carbons (Fsp3) is 0.667. The number of aromatic nitrogens is 2. The molecule has 0 unspecified atom stereocenters. The van der Waals surface area contributed by atoms with E-state index in [-0.39, 0.29) is 0 Å². The van der Waals surface area contributed by atoms with Gasteiger partial charge in [0.05, 0.1) is 31.7 Å². The molecule has 0 aliphatic rings. The SMILES string of the molecule is CNCc1cncc(OCCCOCCOC)n1. The average molecular weight is 255 g/mol. The summed E-state index contributed by atoms with van der Waals surface area (Å²) >= 11 is 0. The average Bonchev–Trinajstić information content (AvgIpc) is 2.39. The van der Waals surface area contributed by atoms with Crippen molar-refractivity contribution in [3.8, 4) is 5.88 Å². The molecule has 0 saturated heterocycles. The number of hydrogen-bond acceptors (Lipinski definition) is 6. The summed E-state index contributed by atoms with van der Waals surface area (Å²) in [5.74, 6) is 0.555. The highest BCUT2D eigenvalue weighted by Gasteiger charge is 1.99. The molecule has 0 fully saturated rings. The van der Waals surface area contributed by atoms with Crippen LogP contribution in [0.1, 0.15) is 12.1 Å². The molecule has 0 saturated carbocycles. The molecule has 1 rings (SSSR count). The van der Waals surface area contributed by atoms with Crippen molar-refractivity contribution in [2.24, 2.45) is 0 Å². The van der Waals surface area contributed by atoms with Crippen molar-refractivity contribution >= 4 is 0 Å². The van der Waals surface area contributed by atoms with Crippen LogP contribution in [0, 0.1) is 0 Å². The second-order valence-corrected chi connectivity index (χ2v) is 3.69. The van der Waals surface area contributed by atoms with E-state index in [0.29, 0.717) is 38.9 Å². The molecule has 1 N–H and O–H groups in total. The Balaban J connectivity index is 2.13. The smallest absolute Gasteiger partial charge is 0.232 e. The van der Waals surface area contributed by atoms with E-state index in [1.807, 2.05) is 7.05 Å². The minimum atomic E-state index is 0.555. The van der Waals surface area contributed by atoms with Crippen LogP contribution in [0.25, 0.3) is 0 Å². The lowest BCUT2D eigenvalue weighted by Crippen LogP contribution is -2.10. The molecule has 0 spiro atoms. The second-order valence-electron chi connectivity index (χ2n) is 3.69. The van der Waals surface area contributed by atoms with E-state index in [2.05, 4.69) is 15.3 Å². The summed E-state index contributed by atoms with van der Waals surface area (Å²) in [4.78, 5) is 8.37. The third-order valence-corrected chi connectivity index (χ3v) is 2.13. The molecule has 1 aromatic rings. The molecule has 0 amide bonds. The van der Waals surface area contributed by atoms with E-state index < -0.39 is 0 Å². The molecule has 0 aromatic carbocycles. The first-order chi connectivity index (χ1) is 8.86. The Hall–Kier alpha value is -1.24. The van der Waals surface area contributed by atoms with Crippen molar-refractivity contribution in [2.45, 2.75) is 13.0 Å². The second kappa shape index (κ2) is 9.76. The summed E-state index contributed by atoms with van der Waals surface area (Å²) < 4.78 is 15.7. The summed E-state index contributed by atoms with van der Waals surface area (Å²) in [5.41, 5.74) is 0.867. The Morgan fingerprint density at radius 2 is 2.06 bits per heavy atom. The van der Waals surface area contributed by atoms with Crippen molar-refractivity contribution in [1.29, 1.82) is 0 Å². The van der Waals surface area contributed by atoms with Gasteiger partial charge in [-0.05, 0) is 7.05 Å². The molecule has 0 bridgehead atoms. The highest BCUT2D eigenvalue weighted by Crippen LogP contribution is 2.05. The zero-order valence-corrected chi connectivity index (χ0v) is 11.0. The highest BCUT2D eigenvalue weighted by atomic mass is 16.5. The topological polar surface area (TPSA) is 65.5 Å². The third-order valence-electron chi connectivity index (χ3n) is 2.13. The zero-order valence-electron chi connectivity index (χ0n) is 11.0. The molecule has 6 nitrogen and oxygen atoms in total. The summed E-state index contributed by atoms with van der Waals surface area (Å²) in [5, 5.41) is 3.02. The number of nitrogens with one attached hydrogen (secondary N) is 1. The quantitative estimate of drug-likeness (QED) is 0.619. The van der Waals surface area contributed by atoms with E-state index in [4.69, 9.17) is 14.2 Å². The van der Waals surface area contributed by atoms with Gasteiger partial charge in [-0.1, -0.05) is 0 Å². The Kier molecular flexibility index (Phi) is 8.03. The molecule has 102 valence electrons. The lowest BCUT2D eigenvalue weighted by molar-refractivity contribution is 0.0641. The van der Waals surface area contributed by atoms with Crippen LogP contribution in [0.2, 0.25) is 0 Å². The zero-order chi connectivity index (χ0) is 13.1. The number of methoxy groups -OCH3 is 1. The Bertz CT molecular complexity index is 323. The van der Waals surface area contributed by atoms with Gasteiger partial charge in [0.2, 0.25) is 5.88 Å². The molecule has 0 radical (unpaired) electrons. The van der Waals surface area contributed by atoms with Crippen LogP contribution in [0.3, 0.4) is 0 Å². The van der Waals surface area contributed by atoms with Crippen LogP contribution in [-0.4, -0.2) is 50.6 Å². The number of rotatable bonds is 10. The summed E-state index contributed by atoms with van der Waals surface area (Å²) in [7, 11) is 3.52. The van der Waals surface area contributed by atoms with Crippen molar-refractivity contribution in [1.82, 2.24) is 15.3 Å². The van der Waals surface area contributed by atoms with Crippen molar-refractivity contribution in [2.75, 3.05) is 40.6 Å². The van der Waals surface area contributed by atoms with Crippen molar-refractivity contribution < 1.29 is 14.2 Å². The van der Waals surface area contributed by atoms with Gasteiger partial charge >= 0.3 is 0 Å². The molecule has 1 heterocycles. The Morgan fingerprint density at radius 1 is 1.17 bits per heavy atom. The maximum absolute atomic E-state index is 5.49. The summed E-state index contributed by atoms with van der Waals surface area (Å²) in [6, 6.07) is 0. The fourth-order valence-electron chi connectivity index (χ4n) is 1.30. The van der Waals surface area contributed by atoms with E-state index in [9.17, 15) is 0 Å². The number of nitrogens with zero attached hydrogens (tertiary/aromatic N) is 2. The maximum Gasteiger partial charge on any atom is 0.232 e. The molecular weight excluding hydrogens is 234 g/mol. The van der Waals surface area contributed by atoms with Gasteiger partial charge in [0.1, 0.15) is 0 Å². The predicted octanol–water partition coefficient (Wildman–Crippen LogP) is 0.628. The molecule has 0 atom stereocenters. The van der Waals surface area contributed by atoms with Crippen LogP contribution < -0.4 is 10.1 Å². The van der Waals surface area contributed by atoms with E-state index in [1.54, 1.807) is 19.5 Å². The summed E-state index contributed by atoms with van der Waals surface area (Å²) in [6.45, 7) is 3.16. The lowest BCUT2D eigenvalue weighted by Gasteiger charge is -2.07. The highest BCUT2D eigenvalue weighted by molar-refractivity contribution is 5.08. The lowest BCUT2D eigenvalue weighted by atomic mass is 10.4. The van der Waals surface area contributed by atoms with E-state index in [0.717, 1.165) is 12.1 Å². The minimum absolute atomic E-state index is 0.555. The third kappa shape index (κ3) is 6.48. The largest absolute Gasteiger partial charge is 0.476 e. The first kappa shape index (κ1) is 14.8. The summed E-state index contributed by atoms with van der Waals surface area (Å²) in [6.07, 6.45) is 4.16. The van der Waals surface area contributed by atoms with Crippen molar-refractivity contribution in [3.05, 3.63) is 18.1 Å². The molecule has 0 aliphatic heterocycles. The molecule has 18 heavy (non-hydrogen) atoms. The van der Waals surface area contributed by atoms with E-state index >= 15 is 0 Å². The standard InChI is InChI=1S/C12H21N3O3/c1-13-8-11-9-14-10-12(15-11)18-5-3-4-17-7-6-16-2/h9-10,13H,3-8H2,1-2H3. The van der Waals surface area contributed by atoms with Crippen LogP contribution in [0.15, 0.2) is 12.4 Å². The Labute approximate surface area is 108 Å². The van der Waals surface area contributed by atoms with Gasteiger partial charge in [0.25, 0.3) is 0 Å². The van der Waals surface area contributed by atoms with Gasteiger partial charge in [0.15, 0.2) is 0 Å². The van der Waals surface area contributed by atoms with Gasteiger partial charge in [-0.15, -0.1) is 0 Å². The fourth-order valence-corrected chi connectivity index (χ4v) is 1.30. The van der Waals surface area contributed by atoms with Gasteiger partial charge < -0.3 is 19.5 Å². The van der Waals surface area contributed by atoms with Gasteiger partial charge in [-0.2, -0.15) is 0 Å². The molecule has 6 heteroatoms. The van der Waals surface area contributed by atoms with E-state index in [1.165, 1.54) is 0 Å². The first-order valence-corrected chi connectivity index (χ1v) is 6.02. The monoisotopic (exact) mass is 255 g/mol. The molecule has 1 aromatic heterocycles. The van der Waals surface area contributed by atoms with Crippen LogP contribution in [-0.2, 0) is 16.0 Å². The minimum Gasteiger partial charge on any atom is -0.476 e. The first-order valence-electron chi connectivity index (χ1n) is 6.02. The van der Waals surface area contributed by atoms with Crippen molar-refractivity contribution in [3.63, 3.8) is 0 Å².